The lowest BCUT2D eigenvalue weighted by molar-refractivity contribution is -0.385. The summed E-state index contributed by atoms with van der Waals surface area (Å²) in [6, 6.07) is 12.2. The van der Waals surface area contributed by atoms with Crippen LogP contribution in [-0.4, -0.2) is 22.3 Å². The molecule has 9 heteroatoms. The van der Waals surface area contributed by atoms with Gasteiger partial charge in [-0.1, -0.05) is 54.3 Å². The molecule has 0 radical (unpaired) electrons. The molecule has 0 saturated carbocycles. The van der Waals surface area contributed by atoms with E-state index in [2.05, 4.69) is 5.32 Å². The fourth-order valence-corrected chi connectivity index (χ4v) is 3.44. The molecule has 0 spiro atoms. The van der Waals surface area contributed by atoms with Gasteiger partial charge in [0.05, 0.1) is 28.6 Å². The molecule has 3 rings (SSSR count). The maximum absolute atomic E-state index is 11.8. The molecule has 1 fully saturated rings. The van der Waals surface area contributed by atoms with Gasteiger partial charge in [-0.2, -0.15) is 0 Å². The molecule has 0 atom stereocenters. The number of nitrogens with zero attached hydrogens (tertiary/aromatic N) is 1. The lowest BCUT2D eigenvalue weighted by Gasteiger charge is -2.12. The second kappa shape index (κ2) is 8.19. The summed E-state index contributed by atoms with van der Waals surface area (Å²) in [5.74, 6) is 0.186. The van der Waals surface area contributed by atoms with Gasteiger partial charge in [0.2, 0.25) is 0 Å². The Bertz CT molecular complexity index is 944. The van der Waals surface area contributed by atoms with Gasteiger partial charge in [-0.25, -0.2) is 0 Å². The first-order valence-electron chi connectivity index (χ1n) is 7.76. The van der Waals surface area contributed by atoms with Gasteiger partial charge in [-0.15, -0.1) is 0 Å². The van der Waals surface area contributed by atoms with Gasteiger partial charge in [0.15, 0.2) is 11.5 Å². The van der Waals surface area contributed by atoms with Gasteiger partial charge >= 0.3 is 0 Å². The number of amides is 1. The first-order valence-corrected chi connectivity index (χ1v) is 8.98. The number of ether oxygens (including phenoxy) is 2. The average molecular weight is 402 g/mol. The Balaban J connectivity index is 1.95. The molecule has 2 aromatic carbocycles. The highest BCUT2D eigenvalue weighted by molar-refractivity contribution is 8.26. The molecule has 1 N–H and O–H groups in total. The van der Waals surface area contributed by atoms with Gasteiger partial charge in [-0.05, 0) is 17.7 Å². The van der Waals surface area contributed by atoms with Crippen molar-refractivity contribution in [3.63, 3.8) is 0 Å². The Morgan fingerprint density at radius 3 is 2.59 bits per heavy atom. The molecule has 0 unspecified atom stereocenters. The van der Waals surface area contributed by atoms with E-state index in [0.717, 1.165) is 17.3 Å². The summed E-state index contributed by atoms with van der Waals surface area (Å²) >= 11 is 5.99. The van der Waals surface area contributed by atoms with Crippen LogP contribution in [0.4, 0.5) is 5.69 Å². The van der Waals surface area contributed by atoms with E-state index in [1.807, 2.05) is 30.3 Å². The van der Waals surface area contributed by atoms with Crippen molar-refractivity contribution in [3.05, 3.63) is 68.6 Å². The van der Waals surface area contributed by atoms with Crippen LogP contribution in [0.15, 0.2) is 47.4 Å². The molecule has 0 bridgehead atoms. The summed E-state index contributed by atoms with van der Waals surface area (Å²) < 4.78 is 11.3. The fourth-order valence-electron chi connectivity index (χ4n) is 2.41. The van der Waals surface area contributed by atoms with E-state index in [0.29, 0.717) is 10.1 Å². The Hall–Kier alpha value is -2.91. The van der Waals surface area contributed by atoms with Crippen LogP contribution in [-0.2, 0) is 11.4 Å². The predicted octanol–water partition coefficient (Wildman–Crippen LogP) is 3.67. The van der Waals surface area contributed by atoms with Gasteiger partial charge in [0.25, 0.3) is 11.6 Å². The average Bonchev–Trinajstić information content (AvgIpc) is 2.97. The number of rotatable bonds is 6. The number of nitro groups is 1. The normalized spacial score (nSPS) is 14.9. The smallest absolute Gasteiger partial charge is 0.280 e. The topological polar surface area (TPSA) is 90.7 Å². The zero-order valence-electron chi connectivity index (χ0n) is 14.1. The van der Waals surface area contributed by atoms with Crippen LogP contribution < -0.4 is 14.8 Å². The Morgan fingerprint density at radius 2 is 2.00 bits per heavy atom. The van der Waals surface area contributed by atoms with E-state index in [9.17, 15) is 14.9 Å². The molecule has 138 valence electrons. The van der Waals surface area contributed by atoms with Gasteiger partial charge < -0.3 is 14.8 Å². The molecule has 0 aliphatic carbocycles. The van der Waals surface area contributed by atoms with Crippen LogP contribution in [0.1, 0.15) is 11.1 Å². The van der Waals surface area contributed by atoms with Gasteiger partial charge in [0.1, 0.15) is 10.9 Å². The summed E-state index contributed by atoms with van der Waals surface area (Å²) in [7, 11) is 1.44. The molecule has 1 aliphatic heterocycles. The molecular weight excluding hydrogens is 388 g/mol. The van der Waals surface area contributed by atoms with Crippen LogP contribution in [0, 0.1) is 10.1 Å². The SMILES string of the molecule is COc1cc(/C=C2\SC(=S)NC2=O)c([N+](=O)[O-])cc1OCc1ccccc1. The number of nitro benzene ring substituents is 1. The summed E-state index contributed by atoms with van der Waals surface area (Å²) in [5.41, 5.74) is 0.949. The third-order valence-corrected chi connectivity index (χ3v) is 4.84. The number of carbonyl (C=O) groups is 1. The number of carbonyl (C=O) groups excluding carboxylic acids is 1. The number of hydrogen-bond acceptors (Lipinski definition) is 7. The van der Waals surface area contributed by atoms with Crippen molar-refractivity contribution in [3.8, 4) is 11.5 Å². The maximum atomic E-state index is 11.8. The standard InChI is InChI=1S/C18H14N2O5S2/c1-24-14-7-12(8-16-17(21)19-18(26)27-16)13(20(22)23)9-15(14)25-10-11-5-3-2-4-6-11/h2-9H,10H2,1H3,(H,19,21,26)/b16-8-. The Kier molecular flexibility index (Phi) is 5.72. The summed E-state index contributed by atoms with van der Waals surface area (Å²) in [6.45, 7) is 0.237. The second-order valence-electron chi connectivity index (χ2n) is 5.45. The van der Waals surface area contributed by atoms with Crippen molar-refractivity contribution in [1.82, 2.24) is 5.32 Å². The van der Waals surface area contributed by atoms with E-state index in [-0.39, 0.29) is 34.4 Å². The van der Waals surface area contributed by atoms with E-state index in [1.54, 1.807) is 0 Å². The first-order chi connectivity index (χ1) is 13.0. The zero-order valence-corrected chi connectivity index (χ0v) is 15.8. The molecule has 27 heavy (non-hydrogen) atoms. The van der Waals surface area contributed by atoms with Gasteiger partial charge in [0, 0.05) is 0 Å². The predicted molar refractivity (Wildman–Crippen MR) is 107 cm³/mol. The molecular formula is C18H14N2O5S2. The van der Waals surface area contributed by atoms with Crippen LogP contribution in [0.3, 0.4) is 0 Å². The van der Waals surface area contributed by atoms with Crippen molar-refractivity contribution in [2.45, 2.75) is 6.61 Å². The first kappa shape index (κ1) is 18.9. The number of benzene rings is 2. The van der Waals surface area contributed by atoms with Crippen molar-refractivity contribution in [1.29, 1.82) is 0 Å². The highest BCUT2D eigenvalue weighted by Crippen LogP contribution is 2.37. The Morgan fingerprint density at radius 1 is 1.26 bits per heavy atom. The third kappa shape index (κ3) is 4.44. The highest BCUT2D eigenvalue weighted by atomic mass is 32.2. The molecule has 2 aromatic rings. The van der Waals surface area contributed by atoms with E-state index in [1.165, 1.54) is 25.3 Å². The minimum atomic E-state index is -0.531. The number of hydrogen-bond donors (Lipinski definition) is 1. The summed E-state index contributed by atoms with van der Waals surface area (Å²) in [5, 5.41) is 14.0. The summed E-state index contributed by atoms with van der Waals surface area (Å²) in [4.78, 5) is 23.1. The zero-order chi connectivity index (χ0) is 19.4. The van der Waals surface area contributed by atoms with Crippen molar-refractivity contribution in [2.75, 3.05) is 7.11 Å². The van der Waals surface area contributed by atoms with E-state index < -0.39 is 4.92 Å². The molecule has 7 nitrogen and oxygen atoms in total. The minimum absolute atomic E-state index is 0.197. The number of thioether (sulfide) groups is 1. The molecule has 1 amide bonds. The van der Waals surface area contributed by atoms with Crippen molar-refractivity contribution in [2.24, 2.45) is 0 Å². The van der Waals surface area contributed by atoms with E-state index in [4.69, 9.17) is 21.7 Å². The highest BCUT2D eigenvalue weighted by Gasteiger charge is 2.25. The minimum Gasteiger partial charge on any atom is -0.493 e. The molecule has 1 heterocycles. The monoisotopic (exact) mass is 402 g/mol. The van der Waals surface area contributed by atoms with Gasteiger partial charge in [-0.3, -0.25) is 14.9 Å². The van der Waals surface area contributed by atoms with Crippen LogP contribution >= 0.6 is 24.0 Å². The maximum Gasteiger partial charge on any atom is 0.280 e. The molecule has 0 aromatic heterocycles. The summed E-state index contributed by atoms with van der Waals surface area (Å²) in [6.07, 6.45) is 1.42. The third-order valence-electron chi connectivity index (χ3n) is 3.68. The molecule has 1 aliphatic rings. The van der Waals surface area contributed by atoms with Crippen LogP contribution in [0.25, 0.3) is 6.08 Å². The van der Waals surface area contributed by atoms with Crippen LogP contribution in [0.2, 0.25) is 0 Å². The van der Waals surface area contributed by atoms with Crippen molar-refractivity contribution >= 4 is 46.0 Å². The van der Waals surface area contributed by atoms with E-state index >= 15 is 0 Å². The van der Waals surface area contributed by atoms with Crippen LogP contribution in [0.5, 0.6) is 11.5 Å². The molecule has 1 saturated heterocycles. The fraction of sp³-hybridized carbons (Fsp3) is 0.111. The van der Waals surface area contributed by atoms with Crippen molar-refractivity contribution < 1.29 is 19.2 Å². The second-order valence-corrected chi connectivity index (χ2v) is 7.16. The number of nitrogens with one attached hydrogen (secondary N) is 1. The Labute approximate surface area is 164 Å². The lowest BCUT2D eigenvalue weighted by atomic mass is 10.1. The largest absolute Gasteiger partial charge is 0.493 e. The quantitative estimate of drug-likeness (QED) is 0.341. The lowest BCUT2D eigenvalue weighted by Crippen LogP contribution is -2.17. The number of thiocarbonyl (C=S) groups is 1. The number of methoxy groups -OCH3 is 1.